The molecule has 0 aromatic rings. The Morgan fingerprint density at radius 3 is 2.50 bits per heavy atom. The predicted molar refractivity (Wildman–Crippen MR) is 22.5 cm³/mol. The Bertz CT molecular complexity index is 59.8. The van der Waals surface area contributed by atoms with Crippen molar-refractivity contribution in [3.8, 4) is 0 Å². The van der Waals surface area contributed by atoms with Crippen LogP contribution in [0.4, 0.5) is 0 Å². The third-order valence-corrected chi connectivity index (χ3v) is 0.271. The first-order chi connectivity index (χ1) is 2.91. The summed E-state index contributed by atoms with van der Waals surface area (Å²) in [5.74, 6) is 4.72. The fourth-order valence-electron chi connectivity index (χ4n) is 0.0948. The van der Waals surface area contributed by atoms with Gasteiger partial charge in [0.05, 0.1) is 0 Å². The molecule has 0 aromatic carbocycles. The van der Waals surface area contributed by atoms with Crippen molar-refractivity contribution in [2.75, 3.05) is 0 Å². The Balaban J connectivity index is 2.94. The first kappa shape index (κ1) is 5.17. The number of carbonyl (C=O) groups excluding carboxylic acids is 1. The van der Waals surface area contributed by atoms with Crippen LogP contribution in [0, 0.1) is 0 Å². The molecule has 0 atom stereocenters. The number of hydrazine groups is 1. The van der Waals surface area contributed by atoms with Gasteiger partial charge in [0.25, 0.3) is 0 Å². The van der Waals surface area contributed by atoms with E-state index in [0.29, 0.717) is 6.29 Å². The predicted octanol–water partition coefficient (Wildman–Crippen LogP) is -0.838. The Morgan fingerprint density at radius 1 is 1.67 bits per heavy atom. The largest absolute Gasteiger partial charge is 0.331 e. The van der Waals surface area contributed by atoms with Crippen LogP contribution in [0.3, 0.4) is 0 Å². The number of nitrogens with one attached hydrogen (secondary N) is 1. The van der Waals surface area contributed by atoms with Gasteiger partial charge < -0.3 is 5.43 Å². The number of hydrogen-bond acceptors (Lipinski definition) is 3. The van der Waals surface area contributed by atoms with Gasteiger partial charge in [0, 0.05) is 6.20 Å². The van der Waals surface area contributed by atoms with Crippen LogP contribution < -0.4 is 11.3 Å². The van der Waals surface area contributed by atoms with E-state index >= 15 is 0 Å². The van der Waals surface area contributed by atoms with Gasteiger partial charge in [-0.25, -0.2) is 0 Å². The van der Waals surface area contributed by atoms with Crippen molar-refractivity contribution in [3.05, 3.63) is 12.3 Å². The first-order valence-corrected chi connectivity index (χ1v) is 1.48. The van der Waals surface area contributed by atoms with E-state index in [1.165, 1.54) is 12.3 Å². The van der Waals surface area contributed by atoms with Crippen LogP contribution in [0.2, 0.25) is 0 Å². The van der Waals surface area contributed by atoms with Crippen molar-refractivity contribution >= 4 is 6.29 Å². The number of allylic oxidation sites excluding steroid dienone is 1. The zero-order valence-corrected chi connectivity index (χ0v) is 3.22. The van der Waals surface area contributed by atoms with Crippen LogP contribution >= 0.6 is 0 Å². The van der Waals surface area contributed by atoms with E-state index in [4.69, 9.17) is 5.84 Å². The minimum atomic E-state index is 0.639. The van der Waals surface area contributed by atoms with Gasteiger partial charge in [0.2, 0.25) is 0 Å². The zero-order valence-electron chi connectivity index (χ0n) is 3.22. The summed E-state index contributed by atoms with van der Waals surface area (Å²) in [6.45, 7) is 0. The van der Waals surface area contributed by atoms with E-state index < -0.39 is 0 Å². The lowest BCUT2D eigenvalue weighted by molar-refractivity contribution is -0.104. The second-order valence-corrected chi connectivity index (χ2v) is 0.662. The molecule has 0 aliphatic carbocycles. The molecule has 0 unspecified atom stereocenters. The van der Waals surface area contributed by atoms with E-state index in [1.807, 2.05) is 0 Å². The lowest BCUT2D eigenvalue weighted by Gasteiger charge is -1.75. The summed E-state index contributed by atoms with van der Waals surface area (Å²) >= 11 is 0. The van der Waals surface area contributed by atoms with Gasteiger partial charge in [-0.15, -0.1) is 0 Å². The lowest BCUT2D eigenvalue weighted by Crippen LogP contribution is -2.12. The van der Waals surface area contributed by atoms with E-state index in [9.17, 15) is 4.79 Å². The molecular weight excluding hydrogens is 80.0 g/mol. The summed E-state index contributed by atoms with van der Waals surface area (Å²) in [6, 6.07) is 0. The van der Waals surface area contributed by atoms with Gasteiger partial charge in [0.1, 0.15) is 6.29 Å². The minimum absolute atomic E-state index is 0.639. The molecule has 0 heterocycles. The summed E-state index contributed by atoms with van der Waals surface area (Å²) in [7, 11) is 0. The van der Waals surface area contributed by atoms with Crippen molar-refractivity contribution in [3.63, 3.8) is 0 Å². The van der Waals surface area contributed by atoms with Crippen molar-refractivity contribution in [2.24, 2.45) is 5.84 Å². The van der Waals surface area contributed by atoms with Crippen LogP contribution in [0.5, 0.6) is 0 Å². The first-order valence-electron chi connectivity index (χ1n) is 1.48. The summed E-state index contributed by atoms with van der Waals surface area (Å²) in [6.07, 6.45) is 3.24. The standard InChI is InChI=1S/C3H6N2O/c4-5-2-1-3-6/h1-3,5H,4H2. The number of hydrogen-bond donors (Lipinski definition) is 2. The van der Waals surface area contributed by atoms with Crippen LogP contribution in [0.1, 0.15) is 0 Å². The quantitative estimate of drug-likeness (QED) is 0.199. The molecule has 0 bridgehead atoms. The molecule has 0 fully saturated rings. The highest BCUT2D eigenvalue weighted by atomic mass is 16.1. The third kappa shape index (κ3) is 3.17. The Labute approximate surface area is 35.8 Å². The molecule has 0 aliphatic heterocycles. The van der Waals surface area contributed by atoms with Crippen molar-refractivity contribution in [2.45, 2.75) is 0 Å². The molecule has 3 N–H and O–H groups in total. The second-order valence-electron chi connectivity index (χ2n) is 0.662. The molecule has 0 saturated heterocycles. The van der Waals surface area contributed by atoms with Crippen LogP contribution in [-0.2, 0) is 4.79 Å². The molecular formula is C3H6N2O. The molecule has 0 amide bonds. The van der Waals surface area contributed by atoms with Crippen molar-refractivity contribution in [1.82, 2.24) is 5.43 Å². The normalized spacial score (nSPS) is 8.83. The van der Waals surface area contributed by atoms with E-state index in [-0.39, 0.29) is 0 Å². The van der Waals surface area contributed by atoms with E-state index in [1.54, 1.807) is 0 Å². The van der Waals surface area contributed by atoms with Crippen molar-refractivity contribution in [1.29, 1.82) is 0 Å². The Kier molecular flexibility index (Phi) is 3.59. The highest BCUT2D eigenvalue weighted by Crippen LogP contribution is 1.49. The summed E-state index contributed by atoms with van der Waals surface area (Å²) in [5, 5.41) is 0. The van der Waals surface area contributed by atoms with Crippen molar-refractivity contribution < 1.29 is 4.79 Å². The summed E-state index contributed by atoms with van der Waals surface area (Å²) in [4.78, 5) is 9.38. The Morgan fingerprint density at radius 2 is 2.33 bits per heavy atom. The lowest BCUT2D eigenvalue weighted by atomic mass is 10.7. The number of carbonyl (C=O) groups is 1. The molecule has 3 nitrogen and oxygen atoms in total. The maximum absolute atomic E-state index is 9.38. The topological polar surface area (TPSA) is 55.1 Å². The molecule has 3 heteroatoms. The third-order valence-electron chi connectivity index (χ3n) is 0.271. The Hall–Kier alpha value is -0.830. The average molecular weight is 86.1 g/mol. The SMILES string of the molecule is NNC=CC=O. The second kappa shape index (κ2) is 4.17. The molecule has 0 spiro atoms. The molecule has 0 aromatic heterocycles. The summed E-state index contributed by atoms with van der Waals surface area (Å²) < 4.78 is 0. The maximum Gasteiger partial charge on any atom is 0.144 e. The highest BCUT2D eigenvalue weighted by molar-refractivity contribution is 5.64. The maximum atomic E-state index is 9.38. The van der Waals surface area contributed by atoms with Gasteiger partial charge in [0.15, 0.2) is 0 Å². The fraction of sp³-hybridized carbons (Fsp3) is 0. The van der Waals surface area contributed by atoms with Gasteiger partial charge >= 0.3 is 0 Å². The molecule has 0 rings (SSSR count). The molecule has 0 radical (unpaired) electrons. The molecule has 6 heavy (non-hydrogen) atoms. The molecule has 0 saturated carbocycles. The van der Waals surface area contributed by atoms with Crippen LogP contribution in [0.25, 0.3) is 0 Å². The monoisotopic (exact) mass is 86.0 g/mol. The number of rotatable bonds is 2. The van der Waals surface area contributed by atoms with Gasteiger partial charge in [-0.3, -0.25) is 10.6 Å². The highest BCUT2D eigenvalue weighted by Gasteiger charge is 1.54. The zero-order chi connectivity index (χ0) is 4.83. The van der Waals surface area contributed by atoms with Crippen LogP contribution in [0.15, 0.2) is 12.3 Å². The van der Waals surface area contributed by atoms with E-state index in [0.717, 1.165) is 0 Å². The molecule has 0 aliphatic rings. The minimum Gasteiger partial charge on any atom is -0.331 e. The van der Waals surface area contributed by atoms with Gasteiger partial charge in [-0.1, -0.05) is 0 Å². The van der Waals surface area contributed by atoms with Gasteiger partial charge in [-0.05, 0) is 6.08 Å². The smallest absolute Gasteiger partial charge is 0.144 e. The average Bonchev–Trinajstić information content (AvgIpc) is 1.61. The van der Waals surface area contributed by atoms with Crippen LogP contribution in [-0.4, -0.2) is 6.29 Å². The fourth-order valence-corrected chi connectivity index (χ4v) is 0.0948. The number of nitrogens with two attached hydrogens (primary N) is 1. The number of aldehydes is 1. The van der Waals surface area contributed by atoms with E-state index in [2.05, 4.69) is 5.43 Å². The summed E-state index contributed by atoms with van der Waals surface area (Å²) in [5.41, 5.74) is 2.16. The van der Waals surface area contributed by atoms with Gasteiger partial charge in [-0.2, -0.15) is 0 Å². The molecule has 34 valence electrons.